The number of phenols is 1. The van der Waals surface area contributed by atoms with Crippen LogP contribution in [0, 0.1) is 0 Å². The fourth-order valence-electron chi connectivity index (χ4n) is 1.39. The maximum atomic E-state index is 11.8. The summed E-state index contributed by atoms with van der Waals surface area (Å²) in [4.78, 5) is 23.0. The molecule has 0 spiro atoms. The zero-order chi connectivity index (χ0) is 14.4. The van der Waals surface area contributed by atoms with E-state index in [2.05, 4.69) is 10.1 Å². The zero-order valence-corrected chi connectivity index (χ0v) is 10.5. The van der Waals surface area contributed by atoms with Crippen molar-refractivity contribution < 1.29 is 29.3 Å². The number of carbonyl (C=O) groups excluding carboxylic acids is 2. The third kappa shape index (κ3) is 3.59. The smallest absolute Gasteiger partial charge is 0.330 e. The number of phenolic OH excluding ortho intramolecular Hbond substituents is 1. The second-order valence-electron chi connectivity index (χ2n) is 3.61. The first-order valence-electron chi connectivity index (χ1n) is 5.40. The summed E-state index contributed by atoms with van der Waals surface area (Å²) >= 11 is 0. The Morgan fingerprint density at radius 3 is 2.53 bits per heavy atom. The number of methoxy groups -OCH3 is 2. The quantitative estimate of drug-likeness (QED) is 0.632. The lowest BCUT2D eigenvalue weighted by atomic mass is 10.1. The summed E-state index contributed by atoms with van der Waals surface area (Å²) in [7, 11) is 2.57. The molecule has 1 rings (SSSR count). The van der Waals surface area contributed by atoms with E-state index in [4.69, 9.17) is 9.84 Å². The monoisotopic (exact) mass is 269 g/mol. The van der Waals surface area contributed by atoms with Gasteiger partial charge in [-0.15, -0.1) is 0 Å². The topological polar surface area (TPSA) is 105 Å². The second kappa shape index (κ2) is 6.60. The highest BCUT2D eigenvalue weighted by Crippen LogP contribution is 2.23. The Kier molecular flexibility index (Phi) is 5.13. The van der Waals surface area contributed by atoms with Crippen molar-refractivity contribution in [3.8, 4) is 11.5 Å². The maximum Gasteiger partial charge on any atom is 0.330 e. The molecule has 1 aromatic rings. The SMILES string of the molecule is COC(=O)C(CO)NC(=O)c1ccc(OC)cc1O. The van der Waals surface area contributed by atoms with Gasteiger partial charge in [0, 0.05) is 6.07 Å². The second-order valence-corrected chi connectivity index (χ2v) is 3.61. The van der Waals surface area contributed by atoms with Gasteiger partial charge in [0.1, 0.15) is 11.5 Å². The normalized spacial score (nSPS) is 11.5. The third-order valence-corrected chi connectivity index (χ3v) is 2.42. The number of esters is 1. The lowest BCUT2D eigenvalue weighted by molar-refractivity contribution is -0.143. The Hall–Kier alpha value is -2.28. The minimum atomic E-state index is -1.18. The van der Waals surface area contributed by atoms with Crippen LogP contribution >= 0.6 is 0 Å². The van der Waals surface area contributed by atoms with Gasteiger partial charge >= 0.3 is 5.97 Å². The number of hydrogen-bond acceptors (Lipinski definition) is 6. The molecule has 0 aliphatic carbocycles. The van der Waals surface area contributed by atoms with Crippen molar-refractivity contribution in [1.82, 2.24) is 5.32 Å². The minimum Gasteiger partial charge on any atom is -0.507 e. The number of ether oxygens (including phenoxy) is 2. The summed E-state index contributed by atoms with van der Waals surface area (Å²) in [6.07, 6.45) is 0. The molecule has 0 aliphatic heterocycles. The van der Waals surface area contributed by atoms with Crippen molar-refractivity contribution in [1.29, 1.82) is 0 Å². The van der Waals surface area contributed by atoms with Crippen LogP contribution in [0.3, 0.4) is 0 Å². The van der Waals surface area contributed by atoms with Gasteiger partial charge in [-0.2, -0.15) is 0 Å². The van der Waals surface area contributed by atoms with Crippen LogP contribution in [-0.4, -0.2) is 49.0 Å². The number of aromatic hydroxyl groups is 1. The number of rotatable bonds is 5. The Balaban J connectivity index is 2.86. The summed E-state index contributed by atoms with van der Waals surface area (Å²) in [6.45, 7) is -0.602. The Morgan fingerprint density at radius 1 is 1.37 bits per heavy atom. The van der Waals surface area contributed by atoms with E-state index in [9.17, 15) is 14.7 Å². The van der Waals surface area contributed by atoms with Crippen LogP contribution < -0.4 is 10.1 Å². The predicted molar refractivity (Wildman–Crippen MR) is 65.0 cm³/mol. The van der Waals surface area contributed by atoms with E-state index in [0.29, 0.717) is 5.75 Å². The number of benzene rings is 1. The summed E-state index contributed by atoms with van der Waals surface area (Å²) < 4.78 is 9.29. The van der Waals surface area contributed by atoms with E-state index in [-0.39, 0.29) is 11.3 Å². The van der Waals surface area contributed by atoms with Crippen molar-refractivity contribution >= 4 is 11.9 Å². The average Bonchev–Trinajstić information content (AvgIpc) is 2.43. The van der Waals surface area contributed by atoms with Crippen LogP contribution in [0.4, 0.5) is 0 Å². The largest absolute Gasteiger partial charge is 0.507 e. The molecule has 7 nitrogen and oxygen atoms in total. The Labute approximate surface area is 109 Å². The van der Waals surface area contributed by atoms with E-state index in [1.165, 1.54) is 25.3 Å². The van der Waals surface area contributed by atoms with E-state index in [1.807, 2.05) is 0 Å². The van der Waals surface area contributed by atoms with Gasteiger partial charge in [-0.05, 0) is 12.1 Å². The van der Waals surface area contributed by atoms with Crippen molar-refractivity contribution in [2.45, 2.75) is 6.04 Å². The standard InChI is InChI=1S/C12H15NO6/c1-18-7-3-4-8(10(15)5-7)11(16)13-9(6-14)12(17)19-2/h3-5,9,14-15H,6H2,1-2H3,(H,13,16). The van der Waals surface area contributed by atoms with Gasteiger partial charge in [-0.3, -0.25) is 4.79 Å². The molecule has 0 fully saturated rings. The predicted octanol–water partition coefficient (Wildman–Crippen LogP) is -0.336. The molecule has 19 heavy (non-hydrogen) atoms. The van der Waals surface area contributed by atoms with Gasteiger partial charge < -0.3 is 25.0 Å². The Morgan fingerprint density at radius 2 is 2.05 bits per heavy atom. The molecule has 1 aromatic carbocycles. The number of aliphatic hydroxyl groups is 1. The molecule has 0 heterocycles. The van der Waals surface area contributed by atoms with Crippen molar-refractivity contribution in [2.24, 2.45) is 0 Å². The fraction of sp³-hybridized carbons (Fsp3) is 0.333. The maximum absolute atomic E-state index is 11.8. The number of carbonyl (C=O) groups is 2. The highest BCUT2D eigenvalue weighted by atomic mass is 16.5. The first-order valence-corrected chi connectivity index (χ1v) is 5.40. The summed E-state index contributed by atoms with van der Waals surface area (Å²) in [5.41, 5.74) is -0.0387. The zero-order valence-electron chi connectivity index (χ0n) is 10.5. The Bertz CT molecular complexity index is 473. The van der Waals surface area contributed by atoms with Crippen LogP contribution in [-0.2, 0) is 9.53 Å². The lowest BCUT2D eigenvalue weighted by Gasteiger charge is -2.14. The molecular weight excluding hydrogens is 254 g/mol. The van der Waals surface area contributed by atoms with E-state index >= 15 is 0 Å². The molecule has 0 bridgehead atoms. The number of nitrogens with one attached hydrogen (secondary N) is 1. The van der Waals surface area contributed by atoms with E-state index < -0.39 is 24.5 Å². The van der Waals surface area contributed by atoms with E-state index in [1.54, 1.807) is 0 Å². The van der Waals surface area contributed by atoms with Gasteiger partial charge in [0.25, 0.3) is 5.91 Å². The van der Waals surface area contributed by atoms with Crippen molar-refractivity contribution in [2.75, 3.05) is 20.8 Å². The molecule has 7 heteroatoms. The van der Waals surface area contributed by atoms with Crippen LogP contribution in [0.5, 0.6) is 11.5 Å². The number of hydrogen-bond donors (Lipinski definition) is 3. The molecule has 0 aromatic heterocycles. The molecule has 0 saturated carbocycles. The van der Waals surface area contributed by atoms with Gasteiger partial charge in [0.15, 0.2) is 6.04 Å². The molecule has 104 valence electrons. The number of amides is 1. The van der Waals surface area contributed by atoms with Crippen LogP contribution in [0.1, 0.15) is 10.4 Å². The highest BCUT2D eigenvalue weighted by molar-refractivity contribution is 5.99. The van der Waals surface area contributed by atoms with Gasteiger partial charge in [-0.25, -0.2) is 4.79 Å². The van der Waals surface area contributed by atoms with Crippen molar-refractivity contribution in [3.63, 3.8) is 0 Å². The minimum absolute atomic E-state index is 0.0387. The lowest BCUT2D eigenvalue weighted by Crippen LogP contribution is -2.44. The fourth-order valence-corrected chi connectivity index (χ4v) is 1.39. The van der Waals surface area contributed by atoms with Gasteiger partial charge in [-0.1, -0.05) is 0 Å². The van der Waals surface area contributed by atoms with Crippen LogP contribution in [0.2, 0.25) is 0 Å². The molecule has 0 saturated heterocycles. The first-order chi connectivity index (χ1) is 9.03. The molecule has 1 unspecified atom stereocenters. The molecule has 3 N–H and O–H groups in total. The van der Waals surface area contributed by atoms with E-state index in [0.717, 1.165) is 7.11 Å². The molecule has 0 aliphatic rings. The molecule has 0 radical (unpaired) electrons. The molecule has 1 atom stereocenters. The summed E-state index contributed by atoms with van der Waals surface area (Å²) in [6, 6.07) is 2.91. The summed E-state index contributed by atoms with van der Waals surface area (Å²) in [5, 5.41) is 20.9. The summed E-state index contributed by atoms with van der Waals surface area (Å²) in [5.74, 6) is -1.38. The highest BCUT2D eigenvalue weighted by Gasteiger charge is 2.22. The molecular formula is C12H15NO6. The van der Waals surface area contributed by atoms with Crippen molar-refractivity contribution in [3.05, 3.63) is 23.8 Å². The third-order valence-electron chi connectivity index (χ3n) is 2.42. The van der Waals surface area contributed by atoms with Crippen LogP contribution in [0.15, 0.2) is 18.2 Å². The number of aliphatic hydroxyl groups excluding tert-OH is 1. The first kappa shape index (κ1) is 14.8. The van der Waals surface area contributed by atoms with Crippen LogP contribution in [0.25, 0.3) is 0 Å². The van der Waals surface area contributed by atoms with Gasteiger partial charge in [0.05, 0.1) is 26.4 Å². The average molecular weight is 269 g/mol. The molecule has 1 amide bonds. The van der Waals surface area contributed by atoms with Gasteiger partial charge in [0.2, 0.25) is 0 Å².